The number of benzene rings is 2. The molecule has 25 heavy (non-hydrogen) atoms. The molecule has 0 saturated carbocycles. The molecule has 0 unspecified atom stereocenters. The Morgan fingerprint density at radius 3 is 2.52 bits per heavy atom. The molecule has 0 heterocycles. The molecule has 0 bridgehead atoms. The standard InChI is InChI=1S/C22H27NO2/c1-3-5-8-16-11-13-17(14-12-16)22(25)23(4-2)21-19-10-7-6-9-18(19)15-20(21)24/h6-7,9-14,20-21,24H,3-5,8,15H2,1-2H3/t20-,21+/m0/s1. The molecule has 1 N–H and O–H groups in total. The van der Waals surface area contributed by atoms with E-state index in [1.165, 1.54) is 18.4 Å². The van der Waals surface area contributed by atoms with E-state index in [4.69, 9.17) is 0 Å². The normalized spacial score (nSPS) is 18.8. The van der Waals surface area contributed by atoms with E-state index in [0.29, 0.717) is 18.5 Å². The van der Waals surface area contributed by atoms with Crippen LogP contribution in [0.1, 0.15) is 59.8 Å². The minimum atomic E-state index is -0.537. The zero-order valence-corrected chi connectivity index (χ0v) is 15.1. The number of aliphatic hydroxyl groups is 1. The molecule has 1 amide bonds. The first kappa shape index (κ1) is 17.7. The van der Waals surface area contributed by atoms with Gasteiger partial charge in [-0.15, -0.1) is 0 Å². The van der Waals surface area contributed by atoms with Crippen LogP contribution in [0.5, 0.6) is 0 Å². The third kappa shape index (κ3) is 3.62. The van der Waals surface area contributed by atoms with Crippen molar-refractivity contribution >= 4 is 5.91 Å². The summed E-state index contributed by atoms with van der Waals surface area (Å²) in [6.45, 7) is 4.73. The SMILES string of the molecule is CCCCc1ccc(C(=O)N(CC)[C@@H]2c3ccccc3C[C@@H]2O)cc1. The van der Waals surface area contributed by atoms with Gasteiger partial charge < -0.3 is 10.0 Å². The predicted molar refractivity (Wildman–Crippen MR) is 101 cm³/mol. The Balaban J connectivity index is 1.82. The van der Waals surface area contributed by atoms with E-state index in [-0.39, 0.29) is 11.9 Å². The van der Waals surface area contributed by atoms with Gasteiger partial charge in [0.15, 0.2) is 0 Å². The van der Waals surface area contributed by atoms with Gasteiger partial charge in [-0.2, -0.15) is 0 Å². The second-order valence-corrected chi connectivity index (χ2v) is 6.81. The lowest BCUT2D eigenvalue weighted by atomic mass is 10.0. The van der Waals surface area contributed by atoms with Gasteiger partial charge in [0.2, 0.25) is 0 Å². The molecule has 0 fully saturated rings. The summed E-state index contributed by atoms with van der Waals surface area (Å²) < 4.78 is 0. The molecule has 0 radical (unpaired) electrons. The van der Waals surface area contributed by atoms with Crippen LogP contribution in [0.25, 0.3) is 0 Å². The number of aryl methyl sites for hydroxylation is 1. The number of carbonyl (C=O) groups is 1. The number of unbranched alkanes of at least 4 members (excludes halogenated alkanes) is 1. The molecule has 3 heteroatoms. The molecular formula is C22H27NO2. The van der Waals surface area contributed by atoms with Crippen molar-refractivity contribution in [3.8, 4) is 0 Å². The fourth-order valence-corrected chi connectivity index (χ4v) is 3.76. The quantitative estimate of drug-likeness (QED) is 0.860. The lowest BCUT2D eigenvalue weighted by Crippen LogP contribution is -2.39. The van der Waals surface area contributed by atoms with Crippen molar-refractivity contribution in [3.63, 3.8) is 0 Å². The Morgan fingerprint density at radius 1 is 1.12 bits per heavy atom. The van der Waals surface area contributed by atoms with Crippen LogP contribution in [0.15, 0.2) is 48.5 Å². The summed E-state index contributed by atoms with van der Waals surface area (Å²) in [6, 6.07) is 15.7. The number of rotatable bonds is 6. The summed E-state index contributed by atoms with van der Waals surface area (Å²) >= 11 is 0. The summed E-state index contributed by atoms with van der Waals surface area (Å²) in [6.07, 6.45) is 3.46. The third-order valence-electron chi connectivity index (χ3n) is 5.12. The number of hydrogen-bond donors (Lipinski definition) is 1. The topological polar surface area (TPSA) is 40.5 Å². The van der Waals surface area contributed by atoms with Crippen molar-refractivity contribution in [1.82, 2.24) is 4.90 Å². The van der Waals surface area contributed by atoms with Crippen molar-refractivity contribution in [1.29, 1.82) is 0 Å². The Hall–Kier alpha value is -2.13. The van der Waals surface area contributed by atoms with Gasteiger partial charge >= 0.3 is 0 Å². The van der Waals surface area contributed by atoms with E-state index in [1.54, 1.807) is 4.90 Å². The number of fused-ring (bicyclic) bond motifs is 1. The zero-order valence-electron chi connectivity index (χ0n) is 15.1. The van der Waals surface area contributed by atoms with Gasteiger partial charge in [0.05, 0.1) is 12.1 Å². The van der Waals surface area contributed by atoms with Crippen LogP contribution in [0.3, 0.4) is 0 Å². The van der Waals surface area contributed by atoms with Gasteiger partial charge in [0, 0.05) is 18.5 Å². The number of carbonyl (C=O) groups excluding carboxylic acids is 1. The molecule has 0 aromatic heterocycles. The Kier molecular flexibility index (Phi) is 5.54. The summed E-state index contributed by atoms with van der Waals surface area (Å²) in [7, 11) is 0. The zero-order chi connectivity index (χ0) is 17.8. The van der Waals surface area contributed by atoms with E-state index in [0.717, 1.165) is 17.5 Å². The van der Waals surface area contributed by atoms with E-state index in [9.17, 15) is 9.90 Å². The second kappa shape index (κ2) is 7.83. The number of aliphatic hydroxyl groups excluding tert-OH is 1. The maximum Gasteiger partial charge on any atom is 0.254 e. The van der Waals surface area contributed by atoms with Gasteiger partial charge in [-0.05, 0) is 48.6 Å². The van der Waals surface area contributed by atoms with E-state index in [2.05, 4.69) is 19.1 Å². The minimum absolute atomic E-state index is 0.00899. The molecule has 132 valence electrons. The van der Waals surface area contributed by atoms with Gasteiger partial charge in [-0.1, -0.05) is 49.7 Å². The second-order valence-electron chi connectivity index (χ2n) is 6.81. The molecule has 1 aliphatic rings. The van der Waals surface area contributed by atoms with Gasteiger partial charge in [-0.25, -0.2) is 0 Å². The van der Waals surface area contributed by atoms with Crippen molar-refractivity contribution in [2.24, 2.45) is 0 Å². The van der Waals surface area contributed by atoms with Gasteiger partial charge in [0.1, 0.15) is 0 Å². The maximum atomic E-state index is 13.1. The summed E-state index contributed by atoms with van der Waals surface area (Å²) in [5, 5.41) is 10.6. The maximum absolute atomic E-state index is 13.1. The largest absolute Gasteiger partial charge is 0.390 e. The van der Waals surface area contributed by atoms with Crippen LogP contribution in [-0.2, 0) is 12.8 Å². The molecule has 2 aromatic carbocycles. The number of amides is 1. The Labute approximate surface area is 150 Å². The first-order chi connectivity index (χ1) is 12.2. The molecule has 1 aliphatic carbocycles. The summed E-state index contributed by atoms with van der Waals surface area (Å²) in [4.78, 5) is 14.9. The Bertz CT molecular complexity index is 723. The number of hydrogen-bond acceptors (Lipinski definition) is 2. The Morgan fingerprint density at radius 2 is 1.84 bits per heavy atom. The average Bonchev–Trinajstić information content (AvgIpc) is 2.97. The highest BCUT2D eigenvalue weighted by atomic mass is 16.3. The molecule has 0 aliphatic heterocycles. The number of nitrogens with zero attached hydrogens (tertiary/aromatic N) is 1. The molecular weight excluding hydrogens is 310 g/mol. The molecule has 2 aromatic rings. The van der Waals surface area contributed by atoms with E-state index in [1.807, 2.05) is 43.3 Å². The van der Waals surface area contributed by atoms with Crippen molar-refractivity contribution in [2.45, 2.75) is 51.7 Å². The van der Waals surface area contributed by atoms with Crippen molar-refractivity contribution in [3.05, 3.63) is 70.8 Å². The fraction of sp³-hybridized carbons (Fsp3) is 0.409. The van der Waals surface area contributed by atoms with Crippen LogP contribution >= 0.6 is 0 Å². The van der Waals surface area contributed by atoms with Crippen LogP contribution in [0.4, 0.5) is 0 Å². The fourth-order valence-electron chi connectivity index (χ4n) is 3.76. The molecule has 0 saturated heterocycles. The summed E-state index contributed by atoms with van der Waals surface area (Å²) in [5.74, 6) is -0.00899. The van der Waals surface area contributed by atoms with Crippen LogP contribution < -0.4 is 0 Å². The predicted octanol–water partition coefficient (Wildman–Crippen LogP) is 4.15. The first-order valence-corrected chi connectivity index (χ1v) is 9.31. The van der Waals surface area contributed by atoms with Crippen molar-refractivity contribution < 1.29 is 9.90 Å². The lowest BCUT2D eigenvalue weighted by molar-refractivity contribution is 0.0430. The smallest absolute Gasteiger partial charge is 0.254 e. The van der Waals surface area contributed by atoms with Gasteiger partial charge in [-0.3, -0.25) is 4.79 Å². The molecule has 3 nitrogen and oxygen atoms in total. The van der Waals surface area contributed by atoms with Gasteiger partial charge in [0.25, 0.3) is 5.91 Å². The minimum Gasteiger partial charge on any atom is -0.390 e. The highest BCUT2D eigenvalue weighted by Crippen LogP contribution is 2.36. The van der Waals surface area contributed by atoms with E-state index < -0.39 is 6.10 Å². The molecule has 2 atom stereocenters. The van der Waals surface area contributed by atoms with Crippen molar-refractivity contribution in [2.75, 3.05) is 6.54 Å². The molecule has 3 rings (SSSR count). The first-order valence-electron chi connectivity index (χ1n) is 9.31. The van der Waals surface area contributed by atoms with E-state index >= 15 is 0 Å². The molecule has 0 spiro atoms. The lowest BCUT2D eigenvalue weighted by Gasteiger charge is -2.31. The van der Waals surface area contributed by atoms with Crippen LogP contribution in [0.2, 0.25) is 0 Å². The highest BCUT2D eigenvalue weighted by Gasteiger charge is 2.37. The monoisotopic (exact) mass is 337 g/mol. The summed E-state index contributed by atoms with van der Waals surface area (Å²) in [5.41, 5.74) is 4.18. The third-order valence-corrected chi connectivity index (χ3v) is 5.12. The van der Waals surface area contributed by atoms with Crippen LogP contribution in [-0.4, -0.2) is 28.6 Å². The number of likely N-dealkylation sites (N-methyl/N-ethyl adjacent to an activating group) is 1. The van der Waals surface area contributed by atoms with Crippen LogP contribution in [0, 0.1) is 0 Å². The highest BCUT2D eigenvalue weighted by molar-refractivity contribution is 5.94. The average molecular weight is 337 g/mol.